The van der Waals surface area contributed by atoms with Gasteiger partial charge < -0.3 is 24.4 Å². The van der Waals surface area contributed by atoms with Crippen LogP contribution in [0.5, 0.6) is 17.2 Å². The number of hydrogen-bond donors (Lipinski definition) is 1. The third-order valence-corrected chi connectivity index (χ3v) is 13.2. The average Bonchev–Trinajstić information content (AvgIpc) is 3.75. The zero-order valence-corrected chi connectivity index (χ0v) is 38.0. The molecule has 2 aliphatic heterocycles. The number of hydrogen-bond acceptors (Lipinski definition) is 13. The summed E-state index contributed by atoms with van der Waals surface area (Å²) in [5.74, 6) is -5.21. The van der Waals surface area contributed by atoms with Crippen LogP contribution in [0.2, 0.25) is 0 Å². The van der Waals surface area contributed by atoms with Gasteiger partial charge in [-0.25, -0.2) is 0 Å². The van der Waals surface area contributed by atoms with Crippen molar-refractivity contribution < 1.29 is 33.8 Å². The van der Waals surface area contributed by atoms with Crippen molar-refractivity contribution in [3.63, 3.8) is 0 Å². The van der Waals surface area contributed by atoms with Crippen LogP contribution < -0.4 is 29.1 Å². The zero-order valence-electron chi connectivity index (χ0n) is 38.0. The summed E-state index contributed by atoms with van der Waals surface area (Å²) < 4.78 is 10.8. The molecule has 4 amide bonds. The molecule has 0 spiro atoms. The number of amides is 4. The summed E-state index contributed by atoms with van der Waals surface area (Å²) in [5.41, 5.74) is 6.80. The highest BCUT2D eigenvalue weighted by molar-refractivity contribution is 6.24. The Morgan fingerprint density at radius 2 is 0.985 bits per heavy atom. The Hall–Kier alpha value is -7.94. The first kappa shape index (κ1) is 44.3. The number of benzene rings is 5. The van der Waals surface area contributed by atoms with Crippen molar-refractivity contribution in [1.82, 2.24) is 0 Å². The molecule has 340 valence electrons. The number of carbonyl (C=O) groups excluding carboxylic acids is 4. The van der Waals surface area contributed by atoms with Gasteiger partial charge in [0.25, 0.3) is 0 Å². The van der Waals surface area contributed by atoms with E-state index in [-0.39, 0.29) is 47.3 Å². The number of azo groups is 2. The molecule has 0 bridgehead atoms. The summed E-state index contributed by atoms with van der Waals surface area (Å²) in [5, 5.41) is 28.1. The highest BCUT2D eigenvalue weighted by atomic mass is 16.5. The van der Waals surface area contributed by atoms with E-state index in [1.165, 1.54) is 24.0 Å². The molecule has 1 saturated carbocycles. The number of anilines is 4. The third-order valence-electron chi connectivity index (χ3n) is 13.2. The Labute approximate surface area is 388 Å². The maximum atomic E-state index is 14.7. The van der Waals surface area contributed by atoms with E-state index >= 15 is 0 Å². The van der Waals surface area contributed by atoms with Crippen molar-refractivity contribution in [1.29, 1.82) is 0 Å². The number of ether oxygens (including phenoxy) is 2. The standard InChI is InChI=1S/C52H50N8O7/c1-57(2)35-16-8-31(9-17-35)53-55-33-12-20-37(21-13-33)59-49(62)41-26-25-39-40(24-7-30-27-44(66-5)48(61)45(28-30)67-6)46-43(29-42(39)47(41)52(59)65)50(63)60(51(46)64)38-22-14-34(15-23-38)56-54-32-10-18-36(19-11-32)58(3)4/h7-25,27-28,40-43,46-47,61H,26,29H2,1-6H3. The maximum Gasteiger partial charge on any atom is 0.238 e. The van der Waals surface area contributed by atoms with Gasteiger partial charge in [0.05, 0.1) is 72.0 Å². The van der Waals surface area contributed by atoms with Gasteiger partial charge in [0.2, 0.25) is 29.4 Å². The minimum absolute atomic E-state index is 0.154. The van der Waals surface area contributed by atoms with Crippen LogP contribution in [0.3, 0.4) is 0 Å². The van der Waals surface area contributed by atoms with Gasteiger partial charge in [-0.15, -0.1) is 0 Å². The van der Waals surface area contributed by atoms with Crippen molar-refractivity contribution >= 4 is 75.2 Å². The van der Waals surface area contributed by atoms with E-state index in [0.717, 1.165) is 16.9 Å². The van der Waals surface area contributed by atoms with Gasteiger partial charge >= 0.3 is 0 Å². The highest BCUT2D eigenvalue weighted by Crippen LogP contribution is 2.56. The molecule has 1 N–H and O–H groups in total. The van der Waals surface area contributed by atoms with Crippen LogP contribution in [0.25, 0.3) is 6.08 Å². The quantitative estimate of drug-likeness (QED) is 0.0728. The minimum Gasteiger partial charge on any atom is -0.502 e. The number of nitrogens with zero attached hydrogens (tertiary/aromatic N) is 8. The smallest absolute Gasteiger partial charge is 0.238 e. The number of carbonyl (C=O) groups is 4. The zero-order chi connectivity index (χ0) is 47.1. The van der Waals surface area contributed by atoms with Gasteiger partial charge in [-0.3, -0.25) is 29.0 Å². The topological polar surface area (TPSA) is 169 Å². The number of imide groups is 2. The number of allylic oxidation sites excluding steroid dienone is 3. The van der Waals surface area contributed by atoms with Gasteiger partial charge in [0, 0.05) is 45.5 Å². The van der Waals surface area contributed by atoms with E-state index < -0.39 is 35.5 Å². The molecule has 2 aliphatic carbocycles. The monoisotopic (exact) mass is 898 g/mol. The summed E-state index contributed by atoms with van der Waals surface area (Å²) in [7, 11) is 10.7. The Morgan fingerprint density at radius 3 is 1.42 bits per heavy atom. The molecule has 15 heteroatoms. The molecule has 2 saturated heterocycles. The first-order valence-electron chi connectivity index (χ1n) is 22.0. The number of phenolic OH excluding ortho intramolecular Hbond substituents is 1. The SMILES string of the molecule is COc1cc(C=CC2C3=CCC4C(=O)N(c5ccc(N=Nc6ccc(N(C)C)cc6)cc5)C(=O)C4C3CC3C(=O)N(c4ccc(N=Nc5ccc(N(C)C)cc5)cc4)C(=O)C23)cc(OC)c1O. The second kappa shape index (κ2) is 18.1. The molecule has 0 radical (unpaired) electrons. The predicted molar refractivity (Wildman–Crippen MR) is 256 cm³/mol. The molecule has 67 heavy (non-hydrogen) atoms. The van der Waals surface area contributed by atoms with Gasteiger partial charge in [-0.05, 0) is 134 Å². The Kier molecular flexibility index (Phi) is 12.0. The lowest BCUT2D eigenvalue weighted by Crippen LogP contribution is -2.43. The molecule has 5 aromatic rings. The Balaban J connectivity index is 1.00. The van der Waals surface area contributed by atoms with Gasteiger partial charge in [0.1, 0.15) is 0 Å². The lowest BCUT2D eigenvalue weighted by Gasteiger charge is -2.42. The molecular weight excluding hydrogens is 849 g/mol. The van der Waals surface area contributed by atoms with E-state index in [2.05, 4.69) is 20.5 Å². The van der Waals surface area contributed by atoms with E-state index in [1.807, 2.05) is 98.7 Å². The average molecular weight is 899 g/mol. The summed E-state index contributed by atoms with van der Waals surface area (Å²) >= 11 is 0. The number of phenols is 1. The predicted octanol–water partition coefficient (Wildman–Crippen LogP) is 9.96. The fourth-order valence-electron chi connectivity index (χ4n) is 9.79. The van der Waals surface area contributed by atoms with Crippen molar-refractivity contribution in [2.75, 3.05) is 62.0 Å². The normalized spacial score (nSPS) is 22.4. The van der Waals surface area contributed by atoms with E-state index in [9.17, 15) is 24.3 Å². The molecule has 6 unspecified atom stereocenters. The summed E-state index contributed by atoms with van der Waals surface area (Å²) in [6.45, 7) is 0. The molecule has 0 aromatic heterocycles. The first-order chi connectivity index (χ1) is 32.3. The number of rotatable bonds is 12. The van der Waals surface area contributed by atoms with Gasteiger partial charge in [0.15, 0.2) is 11.5 Å². The molecule has 2 heterocycles. The van der Waals surface area contributed by atoms with Crippen molar-refractivity contribution in [2.24, 2.45) is 56.0 Å². The van der Waals surface area contributed by atoms with E-state index in [0.29, 0.717) is 46.1 Å². The summed E-state index contributed by atoms with van der Waals surface area (Å²) in [6, 6.07) is 32.2. The summed E-state index contributed by atoms with van der Waals surface area (Å²) in [4.78, 5) is 64.7. The number of methoxy groups -OCH3 is 2. The lowest BCUT2D eigenvalue weighted by atomic mass is 9.58. The largest absolute Gasteiger partial charge is 0.502 e. The fraction of sp³-hybridized carbons (Fsp3) is 0.269. The van der Waals surface area contributed by atoms with Gasteiger partial charge in [-0.2, -0.15) is 20.5 Å². The molecular formula is C52H50N8O7. The molecule has 15 nitrogen and oxygen atoms in total. The van der Waals surface area contributed by atoms with Crippen LogP contribution in [-0.2, 0) is 19.2 Å². The fourth-order valence-corrected chi connectivity index (χ4v) is 9.79. The van der Waals surface area contributed by atoms with Crippen molar-refractivity contribution in [3.05, 3.63) is 132 Å². The van der Waals surface area contributed by atoms with E-state index in [4.69, 9.17) is 9.47 Å². The Morgan fingerprint density at radius 1 is 0.567 bits per heavy atom. The number of aromatic hydroxyl groups is 1. The van der Waals surface area contributed by atoms with Crippen LogP contribution in [0.15, 0.2) is 147 Å². The Bertz CT molecular complexity index is 2830. The van der Waals surface area contributed by atoms with Crippen LogP contribution in [0.1, 0.15) is 18.4 Å². The molecule has 3 fully saturated rings. The van der Waals surface area contributed by atoms with Crippen LogP contribution in [0.4, 0.5) is 45.5 Å². The number of fused-ring (bicyclic) bond motifs is 4. The molecule has 4 aliphatic rings. The second-order valence-electron chi connectivity index (χ2n) is 17.5. The van der Waals surface area contributed by atoms with Crippen LogP contribution in [0, 0.1) is 35.5 Å². The van der Waals surface area contributed by atoms with Crippen molar-refractivity contribution in [3.8, 4) is 17.2 Å². The second-order valence-corrected chi connectivity index (χ2v) is 17.5. The third kappa shape index (κ3) is 8.32. The van der Waals surface area contributed by atoms with Crippen molar-refractivity contribution in [2.45, 2.75) is 12.8 Å². The molecule has 5 aromatic carbocycles. The highest BCUT2D eigenvalue weighted by Gasteiger charge is 2.61. The summed E-state index contributed by atoms with van der Waals surface area (Å²) in [6.07, 6.45) is 6.19. The van der Waals surface area contributed by atoms with Gasteiger partial charge in [-0.1, -0.05) is 23.8 Å². The first-order valence-corrected chi connectivity index (χ1v) is 22.0. The molecule has 9 rings (SSSR count). The lowest BCUT2D eigenvalue weighted by molar-refractivity contribution is -0.126. The van der Waals surface area contributed by atoms with Crippen LogP contribution in [-0.4, -0.2) is 71.1 Å². The maximum absolute atomic E-state index is 14.7. The molecule has 6 atom stereocenters. The minimum atomic E-state index is -0.788. The van der Waals surface area contributed by atoms with E-state index in [1.54, 1.807) is 66.7 Å². The van der Waals surface area contributed by atoms with Crippen LogP contribution >= 0.6 is 0 Å².